The number of carboxylic acids is 1. The third kappa shape index (κ3) is 25.5. The molecule has 0 aliphatic carbocycles. The molecule has 0 radical (unpaired) electrons. The number of allylic oxidation sites excluding steroid dienone is 2. The molecule has 0 saturated carbocycles. The molecular weight excluding hydrogens is 307 g/mol. The second kappa shape index (κ2) is 23.8. The number of hydrogen-bond acceptors (Lipinski definition) is 1. The van der Waals surface area contributed by atoms with Crippen LogP contribution in [0.15, 0.2) is 12.2 Å². The summed E-state index contributed by atoms with van der Waals surface area (Å²) >= 11 is 0. The van der Waals surface area contributed by atoms with E-state index in [9.17, 15) is 4.79 Å². The van der Waals surface area contributed by atoms with Gasteiger partial charge in [-0.2, -0.15) is 0 Å². The Bertz CT molecular complexity index is 251. The second-order valence-electron chi connectivity index (χ2n) is 5.73. The number of hydrogen-bond donors (Lipinski definition) is 1. The van der Waals surface area contributed by atoms with Crippen molar-refractivity contribution in [2.45, 2.75) is 96.8 Å². The van der Waals surface area contributed by atoms with Gasteiger partial charge in [0.25, 0.3) is 0 Å². The molecule has 1 N–H and O–H groups in total. The van der Waals surface area contributed by atoms with Crippen LogP contribution in [0.25, 0.3) is 0 Å². The van der Waals surface area contributed by atoms with Crippen molar-refractivity contribution in [1.29, 1.82) is 0 Å². The van der Waals surface area contributed by atoms with Gasteiger partial charge < -0.3 is 6.53 Å². The van der Waals surface area contributed by atoms with Gasteiger partial charge in [-0.05, 0) is 32.1 Å². The Morgan fingerprint density at radius 2 is 1.23 bits per heavy atom. The Labute approximate surface area is 167 Å². The van der Waals surface area contributed by atoms with Gasteiger partial charge in [0.1, 0.15) is 0 Å². The number of aliphatic carboxylic acids is 1. The number of carbonyl (C=O) groups is 1. The van der Waals surface area contributed by atoms with Crippen molar-refractivity contribution in [3.8, 4) is 0 Å². The number of rotatable bonds is 15. The van der Waals surface area contributed by atoms with Gasteiger partial charge in [0, 0.05) is 6.42 Å². The van der Waals surface area contributed by atoms with Crippen LogP contribution < -0.4 is 29.6 Å². The van der Waals surface area contributed by atoms with Crippen molar-refractivity contribution >= 4 is 18.4 Å². The van der Waals surface area contributed by atoms with Crippen LogP contribution >= 0.6 is 12.4 Å². The quantitative estimate of drug-likeness (QED) is 0.280. The van der Waals surface area contributed by atoms with Crippen LogP contribution in [-0.4, -0.2) is 11.1 Å². The van der Waals surface area contributed by atoms with Gasteiger partial charge >= 0.3 is 35.5 Å². The second-order valence-corrected chi connectivity index (χ2v) is 5.73. The third-order valence-corrected chi connectivity index (χ3v) is 3.65. The average Bonchev–Trinajstić information content (AvgIpc) is 2.43. The molecule has 0 rings (SSSR count). The fourth-order valence-corrected chi connectivity index (χ4v) is 2.35. The van der Waals surface area contributed by atoms with E-state index in [-0.39, 0.29) is 43.4 Å². The summed E-state index contributed by atoms with van der Waals surface area (Å²) in [6.45, 7) is 2.26. The first-order valence-corrected chi connectivity index (χ1v) is 8.64. The Morgan fingerprint density at radius 1 is 0.818 bits per heavy atom. The summed E-state index contributed by atoms with van der Waals surface area (Å²) in [7, 11) is 0. The molecule has 0 atom stereocenters. The van der Waals surface area contributed by atoms with Gasteiger partial charge in [-0.3, -0.25) is 4.79 Å². The molecule has 0 aromatic carbocycles. The van der Waals surface area contributed by atoms with E-state index in [4.69, 9.17) is 5.11 Å². The number of carboxylic acid groups (broad SMARTS) is 1. The molecule has 0 heterocycles. The molecule has 128 valence electrons. The van der Waals surface area contributed by atoms with Crippen LogP contribution in [0.5, 0.6) is 0 Å². The van der Waals surface area contributed by atoms with Crippen molar-refractivity contribution < 1.29 is 40.9 Å². The molecule has 22 heavy (non-hydrogen) atoms. The molecule has 0 aliphatic rings. The minimum atomic E-state index is -0.664. The minimum absolute atomic E-state index is 0. The summed E-state index contributed by atoms with van der Waals surface area (Å²) in [5.74, 6) is -0.664. The van der Waals surface area contributed by atoms with Gasteiger partial charge in [0.15, 0.2) is 0 Å². The molecular formula is C18H36ClNaO2. The van der Waals surface area contributed by atoms with Gasteiger partial charge in [-0.25, -0.2) is 0 Å². The molecule has 0 fully saturated rings. The number of unbranched alkanes of at least 4 members (excludes halogenated alkanes) is 11. The molecule has 0 saturated heterocycles. The van der Waals surface area contributed by atoms with Crippen molar-refractivity contribution in [2.75, 3.05) is 0 Å². The van der Waals surface area contributed by atoms with E-state index in [1.54, 1.807) is 0 Å². The van der Waals surface area contributed by atoms with Crippen LogP contribution in [-0.2, 0) is 4.79 Å². The standard InChI is InChI=1S/C18H34O2.ClH.Na.H/c1-2-3-4-5-6-7-8-9-10-11-12-13-14-15-16-17-18(19)20;;;/h9-10H,2-8,11-17H2,1H3,(H,19,20);1H;;/q;;+1;-1/b10-9-;;;. The van der Waals surface area contributed by atoms with Crippen LogP contribution in [0.2, 0.25) is 0 Å². The van der Waals surface area contributed by atoms with E-state index in [2.05, 4.69) is 19.1 Å². The molecule has 0 aromatic rings. The molecule has 0 spiro atoms. The zero-order chi connectivity index (χ0) is 14.9. The first kappa shape index (κ1) is 27.4. The maximum absolute atomic E-state index is 10.3. The minimum Gasteiger partial charge on any atom is -1.00 e. The van der Waals surface area contributed by atoms with Crippen LogP contribution in [0, 0.1) is 0 Å². The maximum Gasteiger partial charge on any atom is 1.00 e. The van der Waals surface area contributed by atoms with Crippen molar-refractivity contribution in [3.05, 3.63) is 12.2 Å². The van der Waals surface area contributed by atoms with E-state index >= 15 is 0 Å². The Morgan fingerprint density at radius 3 is 1.68 bits per heavy atom. The van der Waals surface area contributed by atoms with E-state index in [1.165, 1.54) is 70.6 Å². The van der Waals surface area contributed by atoms with E-state index in [0.29, 0.717) is 6.42 Å². The smallest absolute Gasteiger partial charge is 1.00 e. The molecule has 0 aromatic heterocycles. The van der Waals surface area contributed by atoms with E-state index < -0.39 is 5.97 Å². The Kier molecular flexibility index (Phi) is 29.5. The number of halogens is 1. The maximum atomic E-state index is 10.3. The predicted octanol–water partition coefficient (Wildman–Crippen LogP) is 3.65. The fraction of sp³-hybridized carbons (Fsp3) is 0.833. The summed E-state index contributed by atoms with van der Waals surface area (Å²) in [5.41, 5.74) is 0. The van der Waals surface area contributed by atoms with Gasteiger partial charge in [-0.1, -0.05) is 70.4 Å². The molecule has 0 bridgehead atoms. The van der Waals surface area contributed by atoms with Gasteiger partial charge in [0.2, 0.25) is 0 Å². The topological polar surface area (TPSA) is 37.3 Å². The molecule has 0 unspecified atom stereocenters. The summed E-state index contributed by atoms with van der Waals surface area (Å²) < 4.78 is 0. The van der Waals surface area contributed by atoms with Crippen molar-refractivity contribution in [3.63, 3.8) is 0 Å². The third-order valence-electron chi connectivity index (χ3n) is 3.65. The molecule has 0 amide bonds. The molecule has 4 heteroatoms. The molecule has 0 aliphatic heterocycles. The average molecular weight is 343 g/mol. The largest absolute Gasteiger partial charge is 1.00 e. The summed E-state index contributed by atoms with van der Waals surface area (Å²) in [4.78, 5) is 10.3. The predicted molar refractivity (Wildman–Crippen MR) is 95.4 cm³/mol. The Balaban J connectivity index is -0.000000602. The first-order valence-electron chi connectivity index (χ1n) is 8.64. The first-order chi connectivity index (χ1) is 9.77. The monoisotopic (exact) mass is 342 g/mol. The summed E-state index contributed by atoms with van der Waals surface area (Å²) in [6, 6.07) is 0. The van der Waals surface area contributed by atoms with Crippen LogP contribution in [0.3, 0.4) is 0 Å². The zero-order valence-electron chi connectivity index (χ0n) is 15.8. The normalized spacial score (nSPS) is 10.2. The van der Waals surface area contributed by atoms with E-state index in [1.807, 2.05) is 0 Å². The van der Waals surface area contributed by atoms with Crippen molar-refractivity contribution in [1.82, 2.24) is 0 Å². The van der Waals surface area contributed by atoms with Crippen molar-refractivity contribution in [2.24, 2.45) is 0 Å². The summed E-state index contributed by atoms with van der Waals surface area (Å²) in [6.07, 6.45) is 21.2. The fourth-order valence-electron chi connectivity index (χ4n) is 2.35. The summed E-state index contributed by atoms with van der Waals surface area (Å²) in [5, 5.41) is 8.51. The SMILES string of the molecule is CCCCCCCC/C=C\CCCCCCCC(=O)O.Cl.[H-].[Na+]. The zero-order valence-corrected chi connectivity index (χ0v) is 17.6. The molecule has 2 nitrogen and oxygen atoms in total. The van der Waals surface area contributed by atoms with Crippen LogP contribution in [0.4, 0.5) is 0 Å². The van der Waals surface area contributed by atoms with E-state index in [0.717, 1.165) is 12.8 Å². The van der Waals surface area contributed by atoms with Gasteiger partial charge in [-0.15, -0.1) is 12.4 Å². The van der Waals surface area contributed by atoms with Gasteiger partial charge in [0.05, 0.1) is 0 Å². The van der Waals surface area contributed by atoms with Crippen LogP contribution in [0.1, 0.15) is 98.2 Å². The Hall–Kier alpha value is 0.500.